The molecule has 1 aromatic carbocycles. The number of carbonyl (C=O) groups is 2. The molecule has 0 saturated heterocycles. The minimum absolute atomic E-state index is 0.0885. The molecule has 16 heavy (non-hydrogen) atoms. The molecular formula is C13H11ClO2. The number of allylic oxidation sites excluding steroid dienone is 2. The zero-order valence-corrected chi connectivity index (χ0v) is 9.67. The molecular weight excluding hydrogens is 224 g/mol. The summed E-state index contributed by atoms with van der Waals surface area (Å²) >= 11 is 5.94. The zero-order chi connectivity index (χ0) is 11.7. The molecule has 0 N–H and O–H groups in total. The largest absolute Gasteiger partial charge is 0.289 e. The van der Waals surface area contributed by atoms with Crippen LogP contribution >= 0.6 is 11.6 Å². The second kappa shape index (κ2) is 4.22. The smallest absolute Gasteiger partial charge is 0.205 e. The molecule has 0 amide bonds. The third kappa shape index (κ3) is 1.59. The Morgan fingerprint density at radius 1 is 1.06 bits per heavy atom. The van der Waals surface area contributed by atoms with Gasteiger partial charge in [-0.15, -0.1) is 0 Å². The van der Waals surface area contributed by atoms with E-state index in [9.17, 15) is 9.59 Å². The number of fused-ring (bicyclic) bond motifs is 1. The Kier molecular flexibility index (Phi) is 2.92. The van der Waals surface area contributed by atoms with Crippen LogP contribution in [0.15, 0.2) is 34.9 Å². The van der Waals surface area contributed by atoms with Gasteiger partial charge in [0.25, 0.3) is 0 Å². The van der Waals surface area contributed by atoms with Crippen molar-refractivity contribution in [2.75, 3.05) is 0 Å². The molecule has 0 aromatic heterocycles. The van der Waals surface area contributed by atoms with E-state index in [-0.39, 0.29) is 16.6 Å². The highest BCUT2D eigenvalue weighted by atomic mass is 35.5. The topological polar surface area (TPSA) is 34.1 Å². The van der Waals surface area contributed by atoms with E-state index in [0.29, 0.717) is 23.1 Å². The number of benzene rings is 1. The summed E-state index contributed by atoms with van der Waals surface area (Å²) in [4.78, 5) is 24.0. The fourth-order valence-corrected chi connectivity index (χ4v) is 2.15. The molecule has 1 aliphatic carbocycles. The quantitative estimate of drug-likeness (QED) is 0.786. The maximum absolute atomic E-state index is 12.1. The predicted octanol–water partition coefficient (Wildman–Crippen LogP) is 3.36. The Balaban J connectivity index is 2.58. The number of hydrogen-bond acceptors (Lipinski definition) is 2. The van der Waals surface area contributed by atoms with E-state index in [1.165, 1.54) is 0 Å². The molecule has 2 nitrogen and oxygen atoms in total. The maximum atomic E-state index is 12.1. The van der Waals surface area contributed by atoms with Crippen LogP contribution in [0.5, 0.6) is 0 Å². The number of ketones is 2. The van der Waals surface area contributed by atoms with Crippen LogP contribution in [0.2, 0.25) is 0 Å². The molecule has 2 rings (SSSR count). The summed E-state index contributed by atoms with van der Waals surface area (Å²) in [5.41, 5.74) is 1.34. The van der Waals surface area contributed by atoms with Crippen molar-refractivity contribution in [3.05, 3.63) is 46.0 Å². The molecule has 0 unspecified atom stereocenters. The van der Waals surface area contributed by atoms with Gasteiger partial charge in [-0.1, -0.05) is 49.2 Å². The lowest BCUT2D eigenvalue weighted by Gasteiger charge is -2.16. The van der Waals surface area contributed by atoms with Crippen LogP contribution < -0.4 is 0 Å². The maximum Gasteiger partial charge on any atom is 0.205 e. The fourth-order valence-electron chi connectivity index (χ4n) is 1.87. The number of carbonyl (C=O) groups excluding carboxylic acids is 2. The van der Waals surface area contributed by atoms with E-state index in [4.69, 9.17) is 11.6 Å². The average Bonchev–Trinajstić information content (AvgIpc) is 2.32. The molecule has 0 aliphatic heterocycles. The normalized spacial score (nSPS) is 15.4. The van der Waals surface area contributed by atoms with Crippen LogP contribution in [0.3, 0.4) is 0 Å². The molecule has 1 aromatic rings. The predicted molar refractivity (Wildman–Crippen MR) is 62.9 cm³/mol. The summed E-state index contributed by atoms with van der Waals surface area (Å²) in [5.74, 6) is -0.345. The van der Waals surface area contributed by atoms with Crippen molar-refractivity contribution >= 4 is 23.2 Å². The highest BCUT2D eigenvalue weighted by Crippen LogP contribution is 2.30. The Labute approximate surface area is 98.9 Å². The summed E-state index contributed by atoms with van der Waals surface area (Å²) in [5, 5.41) is 0.0885. The molecule has 0 radical (unpaired) electrons. The third-order valence-electron chi connectivity index (χ3n) is 2.65. The second-order valence-electron chi connectivity index (χ2n) is 3.75. The van der Waals surface area contributed by atoms with Crippen LogP contribution in [0.1, 0.15) is 40.5 Å². The van der Waals surface area contributed by atoms with Gasteiger partial charge in [-0.05, 0) is 6.42 Å². The Bertz CT molecular complexity index is 500. The highest BCUT2D eigenvalue weighted by Gasteiger charge is 2.29. The van der Waals surface area contributed by atoms with Crippen molar-refractivity contribution in [2.24, 2.45) is 0 Å². The van der Waals surface area contributed by atoms with Gasteiger partial charge < -0.3 is 0 Å². The Morgan fingerprint density at radius 3 is 2.19 bits per heavy atom. The van der Waals surface area contributed by atoms with E-state index in [1.54, 1.807) is 24.3 Å². The van der Waals surface area contributed by atoms with Gasteiger partial charge in [-0.2, -0.15) is 0 Å². The van der Waals surface area contributed by atoms with E-state index >= 15 is 0 Å². The summed E-state index contributed by atoms with van der Waals surface area (Å²) < 4.78 is 0. The van der Waals surface area contributed by atoms with E-state index in [1.807, 2.05) is 6.92 Å². The van der Waals surface area contributed by atoms with Crippen LogP contribution in [0.4, 0.5) is 0 Å². The Hall–Kier alpha value is -1.41. The van der Waals surface area contributed by atoms with Gasteiger partial charge in [0, 0.05) is 16.7 Å². The number of halogens is 1. The van der Waals surface area contributed by atoms with Gasteiger partial charge >= 0.3 is 0 Å². The molecule has 0 heterocycles. The van der Waals surface area contributed by atoms with E-state index in [0.717, 1.165) is 6.42 Å². The fraction of sp³-hybridized carbons (Fsp3) is 0.231. The standard InChI is InChI=1S/C13H11ClO2/c1-2-5-10-11(14)13(16)9-7-4-3-6-8(9)12(10)15/h3-4,6-7H,2,5H2,1H3. The minimum Gasteiger partial charge on any atom is -0.289 e. The van der Waals surface area contributed by atoms with E-state index < -0.39 is 0 Å². The van der Waals surface area contributed by atoms with Crippen molar-refractivity contribution < 1.29 is 9.59 Å². The summed E-state index contributed by atoms with van der Waals surface area (Å²) in [6.07, 6.45) is 1.35. The lowest BCUT2D eigenvalue weighted by molar-refractivity contribution is 0.0978. The number of rotatable bonds is 2. The molecule has 0 spiro atoms. The lowest BCUT2D eigenvalue weighted by Crippen LogP contribution is -2.19. The average molecular weight is 235 g/mol. The van der Waals surface area contributed by atoms with Crippen LogP contribution in [-0.2, 0) is 0 Å². The summed E-state index contributed by atoms with van der Waals surface area (Å²) in [6, 6.07) is 6.81. The first-order chi connectivity index (χ1) is 7.66. The van der Waals surface area contributed by atoms with Gasteiger partial charge in [0.2, 0.25) is 5.78 Å². The van der Waals surface area contributed by atoms with Crippen molar-refractivity contribution in [3.63, 3.8) is 0 Å². The van der Waals surface area contributed by atoms with Gasteiger partial charge in [-0.25, -0.2) is 0 Å². The first kappa shape index (κ1) is 11.1. The molecule has 0 fully saturated rings. The number of Topliss-reactive ketones (excluding diaryl/α,β-unsaturated/α-hetero) is 2. The van der Waals surface area contributed by atoms with Gasteiger partial charge in [0.05, 0.1) is 5.03 Å². The lowest BCUT2D eigenvalue weighted by atomic mass is 9.87. The van der Waals surface area contributed by atoms with Crippen molar-refractivity contribution in [3.8, 4) is 0 Å². The first-order valence-electron chi connectivity index (χ1n) is 5.24. The highest BCUT2D eigenvalue weighted by molar-refractivity contribution is 6.50. The van der Waals surface area contributed by atoms with Crippen molar-refractivity contribution in [2.45, 2.75) is 19.8 Å². The molecule has 82 valence electrons. The van der Waals surface area contributed by atoms with Gasteiger partial charge in [0.15, 0.2) is 5.78 Å². The van der Waals surface area contributed by atoms with Gasteiger partial charge in [0.1, 0.15) is 0 Å². The van der Waals surface area contributed by atoms with Crippen molar-refractivity contribution in [1.29, 1.82) is 0 Å². The molecule has 3 heteroatoms. The SMILES string of the molecule is CCCC1=C(Cl)C(=O)c2ccccc2C1=O. The van der Waals surface area contributed by atoms with Crippen LogP contribution in [0, 0.1) is 0 Å². The van der Waals surface area contributed by atoms with Crippen LogP contribution in [0.25, 0.3) is 0 Å². The molecule has 0 saturated carbocycles. The zero-order valence-electron chi connectivity index (χ0n) is 8.92. The Morgan fingerprint density at radius 2 is 1.62 bits per heavy atom. The monoisotopic (exact) mass is 234 g/mol. The molecule has 0 atom stereocenters. The number of hydrogen-bond donors (Lipinski definition) is 0. The second-order valence-corrected chi connectivity index (χ2v) is 4.12. The molecule has 0 bridgehead atoms. The summed E-state index contributed by atoms with van der Waals surface area (Å²) in [6.45, 7) is 1.95. The third-order valence-corrected chi connectivity index (χ3v) is 3.05. The molecule has 1 aliphatic rings. The summed E-state index contributed by atoms with van der Waals surface area (Å²) in [7, 11) is 0. The van der Waals surface area contributed by atoms with Gasteiger partial charge in [-0.3, -0.25) is 9.59 Å². The van der Waals surface area contributed by atoms with Crippen molar-refractivity contribution in [1.82, 2.24) is 0 Å². The minimum atomic E-state index is -0.236. The van der Waals surface area contributed by atoms with E-state index in [2.05, 4.69) is 0 Å². The first-order valence-corrected chi connectivity index (χ1v) is 5.61. The van der Waals surface area contributed by atoms with Crippen LogP contribution in [-0.4, -0.2) is 11.6 Å².